The molecule has 0 radical (unpaired) electrons. The minimum atomic E-state index is -3.46. The summed E-state index contributed by atoms with van der Waals surface area (Å²) >= 11 is 0. The molecule has 1 atom stereocenters. The Morgan fingerprint density at radius 3 is 2.41 bits per heavy atom. The molecule has 0 saturated carbocycles. The van der Waals surface area contributed by atoms with Crippen molar-refractivity contribution in [3.63, 3.8) is 0 Å². The largest absolute Gasteiger partial charge is 0.370 e. The molecule has 102 valence electrons. The monoisotopic (exact) mass is 287 g/mol. The zero-order chi connectivity index (χ0) is 13.1. The quantitative estimate of drug-likeness (QED) is 0.570. The van der Waals surface area contributed by atoms with E-state index in [2.05, 4.69) is 0 Å². The lowest BCUT2D eigenvalue weighted by Crippen LogP contribution is -3.13. The van der Waals surface area contributed by atoms with Crippen molar-refractivity contribution in [3.05, 3.63) is 0 Å². The Bertz CT molecular complexity index is 393. The summed E-state index contributed by atoms with van der Waals surface area (Å²) in [6.45, 7) is 2.54. The summed E-state index contributed by atoms with van der Waals surface area (Å²) in [6, 6.07) is 0. The van der Waals surface area contributed by atoms with Gasteiger partial charge in [0.05, 0.1) is 25.8 Å². The molecule has 2 N–H and O–H groups in total. The second kappa shape index (κ2) is 5.77. The smallest absolute Gasteiger partial charge is 0.267 e. The van der Waals surface area contributed by atoms with Gasteiger partial charge in [-0.25, -0.2) is 8.42 Å². The minimum Gasteiger partial charge on any atom is -0.370 e. The van der Waals surface area contributed by atoms with Crippen LogP contribution in [0.5, 0.6) is 0 Å². The van der Waals surface area contributed by atoms with Gasteiger partial charge in [-0.3, -0.25) is 4.57 Å². The molecule has 1 unspecified atom stereocenters. The molecule has 1 rings (SSSR count). The van der Waals surface area contributed by atoms with Gasteiger partial charge < -0.3 is 14.5 Å². The summed E-state index contributed by atoms with van der Waals surface area (Å²) in [7, 11) is -5.56. The number of ether oxygens (including phenoxy) is 1. The molecule has 7 nitrogen and oxygen atoms in total. The van der Waals surface area contributed by atoms with Gasteiger partial charge in [-0.05, 0) is 0 Å². The van der Waals surface area contributed by atoms with Crippen LogP contribution in [0.2, 0.25) is 0 Å². The van der Waals surface area contributed by atoms with E-state index in [-0.39, 0.29) is 12.6 Å². The maximum absolute atomic E-state index is 11.9. The van der Waals surface area contributed by atoms with Gasteiger partial charge in [0.25, 0.3) is 7.37 Å². The molecule has 0 bridgehead atoms. The van der Waals surface area contributed by atoms with Crippen molar-refractivity contribution in [1.29, 1.82) is 0 Å². The molecule has 1 fully saturated rings. The first-order chi connectivity index (χ1) is 7.71. The van der Waals surface area contributed by atoms with Crippen molar-refractivity contribution in [2.45, 2.75) is 0 Å². The predicted molar refractivity (Wildman–Crippen MR) is 63.7 cm³/mol. The van der Waals surface area contributed by atoms with E-state index in [1.165, 1.54) is 7.05 Å². The zero-order valence-corrected chi connectivity index (χ0v) is 11.8. The normalized spacial score (nSPS) is 22.6. The fourth-order valence-electron chi connectivity index (χ4n) is 1.63. The molecule has 1 heterocycles. The zero-order valence-electron chi connectivity index (χ0n) is 10.1. The first-order valence-electron chi connectivity index (χ1n) is 5.34. The van der Waals surface area contributed by atoms with E-state index in [4.69, 9.17) is 4.74 Å². The number of morpholine rings is 1. The lowest BCUT2D eigenvalue weighted by atomic mass is 10.5. The van der Waals surface area contributed by atoms with Crippen molar-refractivity contribution in [2.75, 3.05) is 52.2 Å². The predicted octanol–water partition coefficient (Wildman–Crippen LogP) is -2.02. The van der Waals surface area contributed by atoms with Crippen molar-refractivity contribution >= 4 is 17.4 Å². The molecule has 1 saturated heterocycles. The van der Waals surface area contributed by atoms with Gasteiger partial charge in [0.1, 0.15) is 13.1 Å². The van der Waals surface area contributed by atoms with Crippen LogP contribution < -0.4 is 4.90 Å². The highest BCUT2D eigenvalue weighted by molar-refractivity contribution is 7.88. The van der Waals surface area contributed by atoms with Crippen molar-refractivity contribution < 1.29 is 27.5 Å². The van der Waals surface area contributed by atoms with Crippen LogP contribution in [0.3, 0.4) is 0 Å². The molecular weight excluding hydrogens is 267 g/mol. The highest BCUT2D eigenvalue weighted by Crippen LogP contribution is 2.38. The first kappa shape index (κ1) is 15.1. The van der Waals surface area contributed by atoms with Crippen molar-refractivity contribution in [3.8, 4) is 0 Å². The summed E-state index contributed by atoms with van der Waals surface area (Å²) in [5.41, 5.74) is 0. The third kappa shape index (κ3) is 5.46. The molecule has 0 aromatic rings. The van der Waals surface area contributed by atoms with Gasteiger partial charge >= 0.3 is 0 Å². The van der Waals surface area contributed by atoms with Crippen LogP contribution >= 0.6 is 7.37 Å². The van der Waals surface area contributed by atoms with Crippen LogP contribution in [0.25, 0.3) is 0 Å². The molecule has 1 aliphatic heterocycles. The highest BCUT2D eigenvalue weighted by atomic mass is 32.2. The highest BCUT2D eigenvalue weighted by Gasteiger charge is 2.30. The Morgan fingerprint density at radius 1 is 1.41 bits per heavy atom. The van der Waals surface area contributed by atoms with Gasteiger partial charge in [-0.2, -0.15) is 4.31 Å². The Hall–Kier alpha value is 0.0200. The van der Waals surface area contributed by atoms with E-state index in [1.807, 2.05) is 0 Å². The molecule has 17 heavy (non-hydrogen) atoms. The van der Waals surface area contributed by atoms with E-state index >= 15 is 0 Å². The molecule has 0 amide bonds. The van der Waals surface area contributed by atoms with E-state index in [0.717, 1.165) is 15.5 Å². The van der Waals surface area contributed by atoms with Crippen LogP contribution in [-0.4, -0.2) is 69.8 Å². The van der Waals surface area contributed by atoms with Gasteiger partial charge in [0, 0.05) is 7.05 Å². The Balaban J connectivity index is 2.53. The Kier molecular flexibility index (Phi) is 5.12. The molecule has 0 aromatic heterocycles. The molecule has 1 aliphatic rings. The summed E-state index contributed by atoms with van der Waals surface area (Å²) < 4.78 is 40.3. The summed E-state index contributed by atoms with van der Waals surface area (Å²) in [4.78, 5) is 10.8. The van der Waals surface area contributed by atoms with E-state index < -0.39 is 17.4 Å². The van der Waals surface area contributed by atoms with Crippen LogP contribution in [0.1, 0.15) is 0 Å². The number of quaternary nitrogens is 1. The second-order valence-electron chi connectivity index (χ2n) is 4.37. The summed E-state index contributed by atoms with van der Waals surface area (Å²) in [5.74, 6) is 0. The molecular formula is C8H20N2O5PS+. The minimum absolute atomic E-state index is 0.0935. The summed E-state index contributed by atoms with van der Waals surface area (Å²) in [5, 5.41) is 0. The Morgan fingerprint density at radius 2 is 1.94 bits per heavy atom. The van der Waals surface area contributed by atoms with Crippen molar-refractivity contribution in [2.24, 2.45) is 0 Å². The van der Waals surface area contributed by atoms with Crippen LogP contribution in [0, 0.1) is 0 Å². The van der Waals surface area contributed by atoms with Gasteiger partial charge in [0.15, 0.2) is 6.29 Å². The maximum atomic E-state index is 11.9. The number of rotatable bonds is 5. The van der Waals surface area contributed by atoms with Crippen LogP contribution in [0.15, 0.2) is 0 Å². The third-order valence-electron chi connectivity index (χ3n) is 2.66. The average Bonchev–Trinajstić information content (AvgIpc) is 2.16. The number of nitrogens with zero attached hydrogens (tertiary/aromatic N) is 1. The van der Waals surface area contributed by atoms with E-state index in [0.29, 0.717) is 26.3 Å². The van der Waals surface area contributed by atoms with Crippen LogP contribution in [-0.2, 0) is 19.3 Å². The standard InChI is InChI=1S/C8H19N2O5PS/c1-9(17(2,13)14)7-16(11,12)8-10-3-5-15-6-4-10/h3-8H2,1-2H3,(H,11,12)/p+1. The Labute approximate surface area is 102 Å². The van der Waals surface area contributed by atoms with E-state index in [9.17, 15) is 17.9 Å². The maximum Gasteiger partial charge on any atom is 0.267 e. The van der Waals surface area contributed by atoms with Gasteiger partial charge in [-0.1, -0.05) is 0 Å². The van der Waals surface area contributed by atoms with Gasteiger partial charge in [0.2, 0.25) is 10.0 Å². The lowest BCUT2D eigenvalue weighted by Gasteiger charge is -2.26. The topological polar surface area (TPSA) is 88.3 Å². The lowest BCUT2D eigenvalue weighted by molar-refractivity contribution is -0.897. The van der Waals surface area contributed by atoms with Crippen molar-refractivity contribution in [1.82, 2.24) is 4.31 Å². The number of hydrogen-bond acceptors (Lipinski definition) is 4. The molecule has 0 aromatic carbocycles. The second-order valence-corrected chi connectivity index (χ2v) is 8.75. The SMILES string of the molecule is CN(CP(=O)(O)C[NH+]1CCOCC1)S(C)(=O)=O. The van der Waals surface area contributed by atoms with Gasteiger partial charge in [-0.15, -0.1) is 0 Å². The van der Waals surface area contributed by atoms with E-state index in [1.54, 1.807) is 0 Å². The molecule has 9 heteroatoms. The third-order valence-corrected chi connectivity index (χ3v) is 5.92. The molecule has 0 aliphatic carbocycles. The fraction of sp³-hybridized carbons (Fsp3) is 1.00. The first-order valence-corrected chi connectivity index (χ1v) is 9.22. The number of nitrogens with one attached hydrogen (secondary N) is 1. The fourth-order valence-corrected chi connectivity index (χ4v) is 4.75. The number of sulfonamides is 1. The summed E-state index contributed by atoms with van der Waals surface area (Å²) in [6.07, 6.45) is 0.793. The van der Waals surface area contributed by atoms with Crippen LogP contribution in [0.4, 0.5) is 0 Å². The average molecular weight is 287 g/mol. The number of hydrogen-bond donors (Lipinski definition) is 2. The molecule has 0 spiro atoms.